The van der Waals surface area contributed by atoms with Crippen LogP contribution >= 0.6 is 0 Å². The first kappa shape index (κ1) is 19.8. The van der Waals surface area contributed by atoms with Crippen LogP contribution in [0.15, 0.2) is 18.2 Å². The molecule has 1 unspecified atom stereocenters. The standard InChI is InChI=1S/C19H26N2O5/c1-3-5-17(22)21-9-4-6-14(11-21)19(25)20-16-8-7-15(10-13(16)2)26-12-18(23)24/h7-8,10,14H,3-6,9,11-12H2,1-2H3,(H,20,25)(H,23,24). The second-order valence-electron chi connectivity index (χ2n) is 6.58. The Balaban J connectivity index is 1.96. The number of rotatable bonds is 7. The van der Waals surface area contributed by atoms with Crippen molar-refractivity contribution in [3.63, 3.8) is 0 Å². The van der Waals surface area contributed by atoms with Gasteiger partial charge in [0, 0.05) is 25.2 Å². The van der Waals surface area contributed by atoms with Crippen LogP contribution in [0.2, 0.25) is 0 Å². The minimum Gasteiger partial charge on any atom is -0.482 e. The lowest BCUT2D eigenvalue weighted by molar-refractivity contribution is -0.139. The maximum Gasteiger partial charge on any atom is 0.341 e. The average molecular weight is 362 g/mol. The third-order valence-electron chi connectivity index (χ3n) is 4.43. The van der Waals surface area contributed by atoms with E-state index in [1.165, 1.54) is 0 Å². The molecule has 1 heterocycles. The van der Waals surface area contributed by atoms with E-state index in [4.69, 9.17) is 9.84 Å². The van der Waals surface area contributed by atoms with E-state index in [-0.39, 0.29) is 17.7 Å². The van der Waals surface area contributed by atoms with Crippen molar-refractivity contribution in [2.45, 2.75) is 39.5 Å². The number of carboxylic acid groups (broad SMARTS) is 1. The lowest BCUT2D eigenvalue weighted by Crippen LogP contribution is -2.43. The number of hydrogen-bond donors (Lipinski definition) is 2. The molecule has 0 bridgehead atoms. The van der Waals surface area contributed by atoms with Crippen molar-refractivity contribution in [3.8, 4) is 5.75 Å². The fourth-order valence-corrected chi connectivity index (χ4v) is 3.04. The quantitative estimate of drug-likeness (QED) is 0.777. The van der Waals surface area contributed by atoms with Gasteiger partial charge in [-0.1, -0.05) is 6.92 Å². The molecule has 1 fully saturated rings. The Morgan fingerprint density at radius 1 is 1.35 bits per heavy atom. The Morgan fingerprint density at radius 3 is 2.77 bits per heavy atom. The summed E-state index contributed by atoms with van der Waals surface area (Å²) in [6, 6.07) is 5.02. The molecule has 1 atom stereocenters. The van der Waals surface area contributed by atoms with E-state index in [0.29, 0.717) is 24.4 Å². The molecule has 7 heteroatoms. The number of piperidine rings is 1. The lowest BCUT2D eigenvalue weighted by Gasteiger charge is -2.32. The molecule has 0 aliphatic carbocycles. The Labute approximate surface area is 153 Å². The van der Waals surface area contributed by atoms with Gasteiger partial charge in [0.15, 0.2) is 6.61 Å². The maximum atomic E-state index is 12.6. The van der Waals surface area contributed by atoms with Gasteiger partial charge in [-0.15, -0.1) is 0 Å². The second-order valence-corrected chi connectivity index (χ2v) is 6.58. The number of benzene rings is 1. The minimum absolute atomic E-state index is 0.0960. The van der Waals surface area contributed by atoms with Crippen molar-refractivity contribution >= 4 is 23.5 Å². The molecule has 1 aromatic rings. The van der Waals surface area contributed by atoms with Crippen LogP contribution in [0.25, 0.3) is 0 Å². The Bertz CT molecular complexity index is 674. The van der Waals surface area contributed by atoms with E-state index in [2.05, 4.69) is 5.32 Å². The van der Waals surface area contributed by atoms with Gasteiger partial charge in [0.05, 0.1) is 5.92 Å². The third kappa shape index (κ3) is 5.47. The minimum atomic E-state index is -1.04. The van der Waals surface area contributed by atoms with E-state index in [1.54, 1.807) is 23.1 Å². The van der Waals surface area contributed by atoms with Crippen molar-refractivity contribution in [1.29, 1.82) is 0 Å². The van der Waals surface area contributed by atoms with Gasteiger partial charge in [0.25, 0.3) is 0 Å². The molecule has 1 aliphatic heterocycles. The topological polar surface area (TPSA) is 95.9 Å². The van der Waals surface area contributed by atoms with Gasteiger partial charge < -0.3 is 20.1 Å². The van der Waals surface area contributed by atoms with Crippen LogP contribution in [-0.2, 0) is 14.4 Å². The molecule has 142 valence electrons. The molecule has 2 N–H and O–H groups in total. The molecule has 1 aliphatic rings. The molecule has 7 nitrogen and oxygen atoms in total. The number of nitrogens with one attached hydrogen (secondary N) is 1. The molecule has 2 amide bonds. The number of anilines is 1. The fraction of sp³-hybridized carbons (Fsp3) is 0.526. The van der Waals surface area contributed by atoms with E-state index in [9.17, 15) is 14.4 Å². The summed E-state index contributed by atoms with van der Waals surface area (Å²) in [5, 5.41) is 11.6. The normalized spacial score (nSPS) is 16.8. The van der Waals surface area contributed by atoms with Crippen molar-refractivity contribution < 1.29 is 24.2 Å². The highest BCUT2D eigenvalue weighted by atomic mass is 16.5. The molecule has 1 aromatic carbocycles. The predicted octanol–water partition coefficient (Wildman–Crippen LogP) is 2.44. The van der Waals surface area contributed by atoms with Crippen LogP contribution in [0.5, 0.6) is 5.75 Å². The summed E-state index contributed by atoms with van der Waals surface area (Å²) in [5.41, 5.74) is 1.45. The Morgan fingerprint density at radius 2 is 2.12 bits per heavy atom. The number of amides is 2. The van der Waals surface area contributed by atoms with Gasteiger partial charge in [-0.05, 0) is 49.9 Å². The number of carbonyl (C=O) groups excluding carboxylic acids is 2. The summed E-state index contributed by atoms with van der Waals surface area (Å²) < 4.78 is 5.13. The number of hydrogen-bond acceptors (Lipinski definition) is 4. The van der Waals surface area contributed by atoms with E-state index < -0.39 is 12.6 Å². The summed E-state index contributed by atoms with van der Waals surface area (Å²) in [6.07, 6.45) is 2.92. The van der Waals surface area contributed by atoms with Gasteiger partial charge in [0.2, 0.25) is 11.8 Å². The molecule has 2 rings (SSSR count). The second kappa shape index (κ2) is 9.22. The monoisotopic (exact) mass is 362 g/mol. The van der Waals surface area contributed by atoms with Gasteiger partial charge in [-0.3, -0.25) is 9.59 Å². The highest BCUT2D eigenvalue weighted by Gasteiger charge is 2.28. The lowest BCUT2D eigenvalue weighted by atomic mass is 9.96. The molecule has 0 aromatic heterocycles. The van der Waals surface area contributed by atoms with Crippen LogP contribution in [0, 0.1) is 12.8 Å². The van der Waals surface area contributed by atoms with E-state index in [1.807, 2.05) is 13.8 Å². The third-order valence-corrected chi connectivity index (χ3v) is 4.43. The highest BCUT2D eigenvalue weighted by molar-refractivity contribution is 5.94. The van der Waals surface area contributed by atoms with Gasteiger partial charge in [-0.25, -0.2) is 4.79 Å². The molecule has 26 heavy (non-hydrogen) atoms. The molecule has 0 radical (unpaired) electrons. The largest absolute Gasteiger partial charge is 0.482 e. The number of aryl methyl sites for hydroxylation is 1. The molecular weight excluding hydrogens is 336 g/mol. The van der Waals surface area contributed by atoms with Gasteiger partial charge in [-0.2, -0.15) is 0 Å². The van der Waals surface area contributed by atoms with Gasteiger partial charge >= 0.3 is 5.97 Å². The van der Waals surface area contributed by atoms with Crippen LogP contribution in [0.3, 0.4) is 0 Å². The highest BCUT2D eigenvalue weighted by Crippen LogP contribution is 2.24. The summed E-state index contributed by atoms with van der Waals surface area (Å²) in [5.74, 6) is -0.800. The van der Waals surface area contributed by atoms with Crippen LogP contribution in [-0.4, -0.2) is 47.5 Å². The molecule has 0 spiro atoms. The summed E-state index contributed by atoms with van der Waals surface area (Å²) in [7, 11) is 0. The number of aliphatic carboxylic acids is 1. The van der Waals surface area contributed by atoms with Crippen molar-refractivity contribution in [1.82, 2.24) is 4.90 Å². The summed E-state index contributed by atoms with van der Waals surface area (Å²) in [4.78, 5) is 37.0. The van der Waals surface area contributed by atoms with Crippen LogP contribution in [0.4, 0.5) is 5.69 Å². The first-order valence-corrected chi connectivity index (χ1v) is 8.94. The predicted molar refractivity (Wildman–Crippen MR) is 97.2 cm³/mol. The van der Waals surface area contributed by atoms with Crippen molar-refractivity contribution in [3.05, 3.63) is 23.8 Å². The SMILES string of the molecule is CCCC(=O)N1CCCC(C(=O)Nc2ccc(OCC(=O)O)cc2C)C1. The van der Waals surface area contributed by atoms with Gasteiger partial charge in [0.1, 0.15) is 5.75 Å². The first-order chi connectivity index (χ1) is 12.4. The zero-order chi connectivity index (χ0) is 19.1. The van der Waals surface area contributed by atoms with Crippen LogP contribution in [0.1, 0.15) is 38.2 Å². The van der Waals surface area contributed by atoms with Crippen molar-refractivity contribution in [2.24, 2.45) is 5.92 Å². The van der Waals surface area contributed by atoms with Crippen molar-refractivity contribution in [2.75, 3.05) is 25.0 Å². The van der Waals surface area contributed by atoms with E-state index >= 15 is 0 Å². The molecular formula is C19H26N2O5. The Hall–Kier alpha value is -2.57. The molecule has 1 saturated heterocycles. The zero-order valence-electron chi connectivity index (χ0n) is 15.3. The number of carbonyl (C=O) groups is 3. The average Bonchev–Trinajstić information content (AvgIpc) is 2.62. The number of carboxylic acids is 1. The number of ether oxygens (including phenoxy) is 1. The summed E-state index contributed by atoms with van der Waals surface area (Å²) >= 11 is 0. The van der Waals surface area contributed by atoms with E-state index in [0.717, 1.165) is 31.4 Å². The maximum absolute atomic E-state index is 12.6. The van der Waals surface area contributed by atoms with Crippen LogP contribution < -0.4 is 10.1 Å². The number of nitrogens with zero attached hydrogens (tertiary/aromatic N) is 1. The summed E-state index contributed by atoms with van der Waals surface area (Å²) in [6.45, 7) is 4.56. The smallest absolute Gasteiger partial charge is 0.341 e. The first-order valence-electron chi connectivity index (χ1n) is 8.94. The number of likely N-dealkylation sites (tertiary alicyclic amines) is 1. The zero-order valence-corrected chi connectivity index (χ0v) is 15.3. The Kier molecular flexibility index (Phi) is 7.00. The fourth-order valence-electron chi connectivity index (χ4n) is 3.04. The molecule has 0 saturated carbocycles.